The predicted molar refractivity (Wildman–Crippen MR) is 75.6 cm³/mol. The lowest BCUT2D eigenvalue weighted by atomic mass is 9.74. The highest BCUT2D eigenvalue weighted by Crippen LogP contribution is 2.35. The van der Waals surface area contributed by atoms with Crippen molar-refractivity contribution in [1.29, 1.82) is 0 Å². The third-order valence-corrected chi connectivity index (χ3v) is 4.44. The summed E-state index contributed by atoms with van der Waals surface area (Å²) in [5.41, 5.74) is -0.677. The van der Waals surface area contributed by atoms with E-state index in [1.807, 2.05) is 0 Å². The number of rotatable bonds is 9. The summed E-state index contributed by atoms with van der Waals surface area (Å²) < 4.78 is 0. The summed E-state index contributed by atoms with van der Waals surface area (Å²) in [5, 5.41) is 10.5. The van der Waals surface area contributed by atoms with Gasteiger partial charge in [0.05, 0.1) is 5.60 Å². The van der Waals surface area contributed by atoms with Gasteiger partial charge < -0.3 is 9.90 Å². The quantitative estimate of drug-likeness (QED) is 0.493. The van der Waals surface area contributed by atoms with Crippen LogP contribution in [0.5, 0.6) is 0 Å². The SMILES string of the molecule is CCCCCCCCC(C=O)C1(O)CCCCC1. The van der Waals surface area contributed by atoms with Gasteiger partial charge >= 0.3 is 0 Å². The van der Waals surface area contributed by atoms with Gasteiger partial charge in [-0.1, -0.05) is 64.7 Å². The van der Waals surface area contributed by atoms with E-state index in [-0.39, 0.29) is 5.92 Å². The predicted octanol–water partition coefficient (Wildman–Crippen LogP) is 4.25. The molecule has 0 heterocycles. The van der Waals surface area contributed by atoms with Crippen LogP contribution in [0.2, 0.25) is 0 Å². The van der Waals surface area contributed by atoms with Crippen molar-refractivity contribution < 1.29 is 9.90 Å². The van der Waals surface area contributed by atoms with Crippen molar-refractivity contribution in [1.82, 2.24) is 0 Å². The summed E-state index contributed by atoms with van der Waals surface area (Å²) in [5.74, 6) is -0.121. The van der Waals surface area contributed by atoms with Crippen LogP contribution in [-0.2, 0) is 4.79 Å². The molecule has 0 aromatic rings. The van der Waals surface area contributed by atoms with E-state index in [0.29, 0.717) is 0 Å². The Bertz CT molecular complexity index is 219. The Balaban J connectivity index is 2.22. The van der Waals surface area contributed by atoms with Gasteiger partial charge in [0, 0.05) is 5.92 Å². The van der Waals surface area contributed by atoms with Gasteiger partial charge in [0.25, 0.3) is 0 Å². The minimum absolute atomic E-state index is 0.121. The van der Waals surface area contributed by atoms with Crippen molar-refractivity contribution in [2.45, 2.75) is 89.6 Å². The molecule has 0 saturated heterocycles. The Kier molecular flexibility index (Phi) is 7.57. The second-order valence-electron chi connectivity index (χ2n) is 5.96. The minimum atomic E-state index is -0.677. The fraction of sp³-hybridized carbons (Fsp3) is 0.938. The molecule has 1 aliphatic carbocycles. The van der Waals surface area contributed by atoms with Gasteiger partial charge in [-0.2, -0.15) is 0 Å². The molecule has 1 atom stereocenters. The number of carbonyl (C=O) groups excluding carboxylic acids is 1. The monoisotopic (exact) mass is 254 g/mol. The minimum Gasteiger partial charge on any atom is -0.389 e. The molecule has 0 spiro atoms. The smallest absolute Gasteiger partial charge is 0.125 e. The Hall–Kier alpha value is -0.370. The zero-order valence-corrected chi connectivity index (χ0v) is 12.0. The summed E-state index contributed by atoms with van der Waals surface area (Å²) in [6.45, 7) is 2.22. The van der Waals surface area contributed by atoms with Gasteiger partial charge in [0.2, 0.25) is 0 Å². The summed E-state index contributed by atoms with van der Waals surface area (Å²) in [6, 6.07) is 0. The second-order valence-corrected chi connectivity index (χ2v) is 5.96. The van der Waals surface area contributed by atoms with E-state index < -0.39 is 5.60 Å². The summed E-state index contributed by atoms with van der Waals surface area (Å²) in [7, 11) is 0. The fourth-order valence-electron chi connectivity index (χ4n) is 3.14. The molecule has 1 rings (SSSR count). The number of carbonyl (C=O) groups is 1. The lowest BCUT2D eigenvalue weighted by Gasteiger charge is -2.36. The first-order valence-electron chi connectivity index (χ1n) is 7.90. The maximum absolute atomic E-state index is 11.2. The molecule has 0 amide bonds. The van der Waals surface area contributed by atoms with Crippen molar-refractivity contribution in [3.63, 3.8) is 0 Å². The van der Waals surface area contributed by atoms with Crippen LogP contribution in [0.1, 0.15) is 84.0 Å². The first-order valence-corrected chi connectivity index (χ1v) is 7.90. The average molecular weight is 254 g/mol. The molecule has 0 bridgehead atoms. The number of aliphatic hydroxyl groups is 1. The van der Waals surface area contributed by atoms with Crippen LogP contribution in [0.3, 0.4) is 0 Å². The van der Waals surface area contributed by atoms with Crippen LogP contribution in [0.15, 0.2) is 0 Å². The number of hydrogen-bond acceptors (Lipinski definition) is 2. The maximum Gasteiger partial charge on any atom is 0.125 e. The first-order chi connectivity index (χ1) is 8.73. The molecular formula is C16H30O2. The van der Waals surface area contributed by atoms with Crippen molar-refractivity contribution in [2.24, 2.45) is 5.92 Å². The highest BCUT2D eigenvalue weighted by Gasteiger charge is 2.36. The topological polar surface area (TPSA) is 37.3 Å². The van der Waals surface area contributed by atoms with Crippen molar-refractivity contribution in [3.05, 3.63) is 0 Å². The normalized spacial score (nSPS) is 20.6. The van der Waals surface area contributed by atoms with E-state index in [0.717, 1.165) is 44.8 Å². The molecule has 0 aromatic heterocycles. The van der Waals surface area contributed by atoms with Crippen LogP contribution >= 0.6 is 0 Å². The molecule has 0 aliphatic heterocycles. The molecule has 1 saturated carbocycles. The van der Waals surface area contributed by atoms with E-state index >= 15 is 0 Å². The molecule has 1 N–H and O–H groups in total. The van der Waals surface area contributed by atoms with Gasteiger partial charge in [0.15, 0.2) is 0 Å². The van der Waals surface area contributed by atoms with E-state index in [4.69, 9.17) is 0 Å². The van der Waals surface area contributed by atoms with Crippen LogP contribution in [0, 0.1) is 5.92 Å². The molecule has 0 aromatic carbocycles. The van der Waals surface area contributed by atoms with E-state index in [1.165, 1.54) is 38.5 Å². The third-order valence-electron chi connectivity index (χ3n) is 4.44. The average Bonchev–Trinajstić information content (AvgIpc) is 2.38. The van der Waals surface area contributed by atoms with Crippen LogP contribution < -0.4 is 0 Å². The van der Waals surface area contributed by atoms with Crippen molar-refractivity contribution in [2.75, 3.05) is 0 Å². The molecule has 1 fully saturated rings. The molecule has 1 aliphatic rings. The van der Waals surface area contributed by atoms with Gasteiger partial charge in [-0.25, -0.2) is 0 Å². The standard InChI is InChI=1S/C16H30O2/c1-2-3-4-5-6-8-11-15(14-17)16(18)12-9-7-10-13-16/h14-15,18H,2-13H2,1H3. The molecule has 18 heavy (non-hydrogen) atoms. The fourth-order valence-corrected chi connectivity index (χ4v) is 3.14. The zero-order chi connectivity index (χ0) is 13.3. The Morgan fingerprint density at radius 2 is 1.67 bits per heavy atom. The Morgan fingerprint density at radius 3 is 2.28 bits per heavy atom. The van der Waals surface area contributed by atoms with Gasteiger partial charge in [-0.05, 0) is 19.3 Å². The highest BCUT2D eigenvalue weighted by molar-refractivity contribution is 5.55. The summed E-state index contributed by atoms with van der Waals surface area (Å²) in [6.07, 6.45) is 14.4. The van der Waals surface area contributed by atoms with Crippen LogP contribution in [0.25, 0.3) is 0 Å². The third kappa shape index (κ3) is 5.09. The Morgan fingerprint density at radius 1 is 1.06 bits per heavy atom. The van der Waals surface area contributed by atoms with E-state index in [1.54, 1.807) is 0 Å². The van der Waals surface area contributed by atoms with Crippen molar-refractivity contribution in [3.8, 4) is 0 Å². The largest absolute Gasteiger partial charge is 0.389 e. The summed E-state index contributed by atoms with van der Waals surface area (Å²) in [4.78, 5) is 11.2. The molecule has 1 unspecified atom stereocenters. The van der Waals surface area contributed by atoms with Crippen molar-refractivity contribution >= 4 is 6.29 Å². The van der Waals surface area contributed by atoms with Crippen LogP contribution in [-0.4, -0.2) is 17.0 Å². The molecule has 2 heteroatoms. The highest BCUT2D eigenvalue weighted by atomic mass is 16.3. The molecule has 0 radical (unpaired) electrons. The molecule has 106 valence electrons. The number of hydrogen-bond donors (Lipinski definition) is 1. The van der Waals surface area contributed by atoms with Crippen LogP contribution in [0.4, 0.5) is 0 Å². The maximum atomic E-state index is 11.2. The molecular weight excluding hydrogens is 224 g/mol. The lowest BCUT2D eigenvalue weighted by Crippen LogP contribution is -2.40. The van der Waals surface area contributed by atoms with Gasteiger partial charge in [-0.3, -0.25) is 0 Å². The number of unbranched alkanes of at least 4 members (excludes halogenated alkanes) is 5. The van der Waals surface area contributed by atoms with Gasteiger partial charge in [-0.15, -0.1) is 0 Å². The van der Waals surface area contributed by atoms with E-state index in [9.17, 15) is 9.90 Å². The first kappa shape index (κ1) is 15.7. The Labute approximate surface area is 112 Å². The van der Waals surface area contributed by atoms with E-state index in [2.05, 4.69) is 6.92 Å². The summed E-state index contributed by atoms with van der Waals surface area (Å²) >= 11 is 0. The van der Waals surface area contributed by atoms with Gasteiger partial charge in [0.1, 0.15) is 6.29 Å². The number of aldehydes is 1. The second kappa shape index (κ2) is 8.68. The molecule has 2 nitrogen and oxygen atoms in total. The zero-order valence-electron chi connectivity index (χ0n) is 12.0. The lowest BCUT2D eigenvalue weighted by molar-refractivity contribution is -0.123.